The number of aromatic nitrogens is 2. The summed E-state index contributed by atoms with van der Waals surface area (Å²) in [5.41, 5.74) is 2.25. The van der Waals surface area contributed by atoms with Crippen LogP contribution in [0.15, 0.2) is 78.4 Å². The Morgan fingerprint density at radius 3 is 2.36 bits per heavy atom. The van der Waals surface area contributed by atoms with Crippen LogP contribution in [-0.4, -0.2) is 78.4 Å². The van der Waals surface area contributed by atoms with Gasteiger partial charge >= 0.3 is 6.09 Å². The van der Waals surface area contributed by atoms with Crippen molar-refractivity contribution < 1.29 is 23.5 Å². The lowest BCUT2D eigenvalue weighted by Crippen LogP contribution is -2.51. The number of thiophene rings is 1. The van der Waals surface area contributed by atoms with Crippen LogP contribution < -0.4 is 15.5 Å². The average Bonchev–Trinajstić information content (AvgIpc) is 3.59. The van der Waals surface area contributed by atoms with Gasteiger partial charge in [0.15, 0.2) is 0 Å². The van der Waals surface area contributed by atoms with Crippen LogP contribution in [-0.2, 0) is 9.47 Å². The van der Waals surface area contributed by atoms with Gasteiger partial charge in [-0.1, -0.05) is 36.4 Å². The van der Waals surface area contributed by atoms with Gasteiger partial charge < -0.3 is 19.7 Å². The maximum Gasteiger partial charge on any atom is 0.412 e. The molecule has 2 aromatic heterocycles. The molecule has 2 N–H and O–H groups in total. The number of hydrogen-bond acceptors (Lipinski definition) is 9. The minimum atomic E-state index is -0.677. The second kappa shape index (κ2) is 15.3. The summed E-state index contributed by atoms with van der Waals surface area (Å²) in [5, 5.41) is 7.63. The van der Waals surface area contributed by atoms with Crippen molar-refractivity contribution >= 4 is 46.7 Å². The summed E-state index contributed by atoms with van der Waals surface area (Å²) in [4.78, 5) is 40.3. The molecule has 3 heterocycles. The Morgan fingerprint density at radius 2 is 1.72 bits per heavy atom. The fourth-order valence-electron chi connectivity index (χ4n) is 5.07. The Morgan fingerprint density at radius 1 is 1.00 bits per heavy atom. The molecule has 10 nitrogen and oxygen atoms in total. The number of carbonyl (C=O) groups is 2. The lowest BCUT2D eigenvalue weighted by atomic mass is 10.1. The fraction of sp³-hybridized carbons (Fsp3) is 0.314. The standard InChI is InChI=1S/C35H39FN6O4S/c1-35(2,3)46-34(44)40-29-14-10-25(31-6-5-19-47-31)20-30(29)39-32(43)26-21-37-33(38-22-26)42-17-15-41(16-18-42)28(23-45-4)13-9-24-7-11-27(36)12-8-24/h5-14,19-22,28H,15-18,23H2,1-4H3,(H,39,43)(H,40,44). The molecule has 1 fully saturated rings. The Hall–Kier alpha value is -4.65. The molecule has 47 heavy (non-hydrogen) atoms. The molecule has 1 unspecified atom stereocenters. The molecule has 4 aromatic rings. The van der Waals surface area contributed by atoms with Gasteiger partial charge in [0.05, 0.1) is 29.6 Å². The number of halogens is 1. The van der Waals surface area contributed by atoms with Crippen molar-refractivity contribution in [2.75, 3.05) is 55.4 Å². The number of benzene rings is 2. The summed E-state index contributed by atoms with van der Waals surface area (Å²) in [5.74, 6) is -0.130. The number of ether oxygens (including phenoxy) is 2. The minimum absolute atomic E-state index is 0.0622. The molecule has 2 amide bonds. The molecule has 2 aromatic carbocycles. The lowest BCUT2D eigenvalue weighted by Gasteiger charge is -2.38. The highest BCUT2D eigenvalue weighted by molar-refractivity contribution is 7.13. The number of methoxy groups -OCH3 is 1. The summed E-state index contributed by atoms with van der Waals surface area (Å²) in [6.07, 6.45) is 6.46. The molecule has 1 atom stereocenters. The van der Waals surface area contributed by atoms with Crippen molar-refractivity contribution in [1.82, 2.24) is 14.9 Å². The van der Waals surface area contributed by atoms with Crippen LogP contribution in [0, 0.1) is 5.82 Å². The minimum Gasteiger partial charge on any atom is -0.444 e. The van der Waals surface area contributed by atoms with Crippen molar-refractivity contribution in [3.8, 4) is 10.4 Å². The van der Waals surface area contributed by atoms with E-state index in [1.165, 1.54) is 24.5 Å². The quantitative estimate of drug-likeness (QED) is 0.192. The Labute approximate surface area is 278 Å². The number of anilines is 3. The monoisotopic (exact) mass is 658 g/mol. The normalized spacial score (nSPS) is 14.6. The van der Waals surface area contributed by atoms with E-state index < -0.39 is 17.6 Å². The molecule has 0 aliphatic carbocycles. The third-order valence-electron chi connectivity index (χ3n) is 7.39. The highest BCUT2D eigenvalue weighted by Gasteiger charge is 2.24. The average molecular weight is 659 g/mol. The number of piperazine rings is 1. The molecule has 1 aliphatic rings. The summed E-state index contributed by atoms with van der Waals surface area (Å²) < 4.78 is 24.2. The lowest BCUT2D eigenvalue weighted by molar-refractivity contribution is 0.0635. The van der Waals surface area contributed by atoms with Crippen LogP contribution in [0.25, 0.3) is 16.5 Å². The van der Waals surface area contributed by atoms with E-state index in [1.54, 1.807) is 57.4 Å². The van der Waals surface area contributed by atoms with Gasteiger partial charge in [0.25, 0.3) is 5.91 Å². The predicted octanol–water partition coefficient (Wildman–Crippen LogP) is 6.79. The maximum absolute atomic E-state index is 13.3. The molecule has 0 spiro atoms. The molecule has 0 bridgehead atoms. The molecule has 5 rings (SSSR count). The summed E-state index contributed by atoms with van der Waals surface area (Å²) >= 11 is 1.58. The van der Waals surface area contributed by atoms with Gasteiger partial charge in [0.1, 0.15) is 11.4 Å². The Kier molecular flexibility index (Phi) is 11.0. The van der Waals surface area contributed by atoms with Gasteiger partial charge in [0, 0.05) is 50.6 Å². The predicted molar refractivity (Wildman–Crippen MR) is 184 cm³/mol. The highest BCUT2D eigenvalue weighted by Crippen LogP contribution is 2.32. The van der Waals surface area contributed by atoms with Crippen molar-refractivity contribution in [2.45, 2.75) is 32.4 Å². The zero-order valence-corrected chi connectivity index (χ0v) is 27.7. The topological polar surface area (TPSA) is 109 Å². The van der Waals surface area contributed by atoms with E-state index in [0.29, 0.717) is 37.0 Å². The molecule has 1 saturated heterocycles. The first-order chi connectivity index (χ1) is 22.6. The number of nitrogens with one attached hydrogen (secondary N) is 2. The third kappa shape index (κ3) is 9.44. The second-order valence-electron chi connectivity index (χ2n) is 12.0. The van der Waals surface area contributed by atoms with Crippen molar-refractivity contribution in [3.63, 3.8) is 0 Å². The summed E-state index contributed by atoms with van der Waals surface area (Å²) in [7, 11) is 1.68. The van der Waals surface area contributed by atoms with E-state index in [9.17, 15) is 14.0 Å². The second-order valence-corrected chi connectivity index (χ2v) is 13.0. The number of nitrogens with zero attached hydrogens (tertiary/aromatic N) is 4. The van der Waals surface area contributed by atoms with Gasteiger partial charge in [-0.25, -0.2) is 19.2 Å². The van der Waals surface area contributed by atoms with Crippen LogP contribution in [0.2, 0.25) is 0 Å². The largest absolute Gasteiger partial charge is 0.444 e. The summed E-state index contributed by atoms with van der Waals surface area (Å²) in [6.45, 7) is 8.81. The van der Waals surface area contributed by atoms with E-state index in [-0.39, 0.29) is 17.4 Å². The zero-order valence-electron chi connectivity index (χ0n) is 26.9. The maximum atomic E-state index is 13.3. The smallest absolute Gasteiger partial charge is 0.412 e. The molecular formula is C35H39FN6O4S. The fourth-order valence-corrected chi connectivity index (χ4v) is 5.79. The molecule has 1 aliphatic heterocycles. The number of carbonyl (C=O) groups excluding carboxylic acids is 2. The number of hydrogen-bond donors (Lipinski definition) is 2. The first kappa shape index (κ1) is 33.7. The van der Waals surface area contributed by atoms with Gasteiger partial charge in [-0.05, 0) is 67.6 Å². The van der Waals surface area contributed by atoms with Crippen molar-refractivity contribution in [2.24, 2.45) is 0 Å². The van der Waals surface area contributed by atoms with Crippen molar-refractivity contribution in [3.05, 3.63) is 95.4 Å². The Bertz CT molecular complexity index is 1670. The highest BCUT2D eigenvalue weighted by atomic mass is 32.1. The SMILES string of the molecule is COCC(C=Cc1ccc(F)cc1)N1CCN(c2ncc(C(=O)Nc3cc(-c4cccs4)ccc3NC(=O)OC(C)(C)C)cn2)CC1. The van der Waals surface area contributed by atoms with E-state index >= 15 is 0 Å². The number of rotatable bonds is 10. The molecule has 12 heteroatoms. The van der Waals surface area contributed by atoms with Crippen LogP contribution >= 0.6 is 11.3 Å². The van der Waals surface area contributed by atoms with Crippen LogP contribution in [0.3, 0.4) is 0 Å². The van der Waals surface area contributed by atoms with Gasteiger partial charge in [-0.15, -0.1) is 11.3 Å². The van der Waals surface area contributed by atoms with E-state index in [2.05, 4.69) is 36.5 Å². The van der Waals surface area contributed by atoms with Crippen LogP contribution in [0.5, 0.6) is 0 Å². The third-order valence-corrected chi connectivity index (χ3v) is 8.31. The molecule has 0 radical (unpaired) electrons. The van der Waals surface area contributed by atoms with Crippen LogP contribution in [0.4, 0.5) is 26.5 Å². The van der Waals surface area contributed by atoms with Crippen LogP contribution in [0.1, 0.15) is 36.7 Å². The first-order valence-corrected chi connectivity index (χ1v) is 16.2. The summed E-state index contributed by atoms with van der Waals surface area (Å²) in [6, 6.07) is 15.8. The Balaban J connectivity index is 1.23. The van der Waals surface area contributed by atoms with Crippen molar-refractivity contribution in [1.29, 1.82) is 0 Å². The van der Waals surface area contributed by atoms with Gasteiger partial charge in [-0.2, -0.15) is 0 Å². The van der Waals surface area contributed by atoms with E-state index in [0.717, 1.165) is 29.1 Å². The molecular weight excluding hydrogens is 619 g/mol. The first-order valence-electron chi connectivity index (χ1n) is 15.3. The van der Waals surface area contributed by atoms with Gasteiger partial charge in [-0.3, -0.25) is 15.0 Å². The van der Waals surface area contributed by atoms with E-state index in [4.69, 9.17) is 9.47 Å². The van der Waals surface area contributed by atoms with Gasteiger partial charge in [0.2, 0.25) is 5.95 Å². The number of amides is 2. The molecule has 246 valence electrons. The molecule has 0 saturated carbocycles. The zero-order chi connectivity index (χ0) is 33.4. The van der Waals surface area contributed by atoms with E-state index in [1.807, 2.05) is 35.7 Å².